The maximum Gasteiger partial charge on any atom is 0.220 e. The molecule has 0 spiro atoms. The zero-order valence-corrected chi connectivity index (χ0v) is 24.5. The molecule has 3 aliphatic carbocycles. The standard InChI is InChI=1S/C33H36N6OS/c1-3-9-22(2)35-33-37-28-17-16-27-30(24-12-8-19-34-21-24)38-39(31(27)32(28)41-33)26-14-7-13-25(20-26)36-29(40)18-15-23-10-5-4-6-11-23/h5,7-14,19,21,25H,3-4,6,15-18,20H2,1-2H3,(H,35,37)(H,36,40)/b22-9-. The first-order chi connectivity index (χ1) is 20.1. The fourth-order valence-corrected chi connectivity index (χ4v) is 6.83. The fourth-order valence-electron chi connectivity index (χ4n) is 5.70. The van der Waals surface area contributed by atoms with Crippen LogP contribution in [0.4, 0.5) is 5.13 Å². The van der Waals surface area contributed by atoms with Crippen molar-refractivity contribution in [2.75, 3.05) is 5.32 Å². The lowest BCUT2D eigenvalue weighted by molar-refractivity contribution is -0.121. The molecule has 0 saturated carbocycles. The van der Waals surface area contributed by atoms with Crippen LogP contribution < -0.4 is 10.6 Å². The highest BCUT2D eigenvalue weighted by molar-refractivity contribution is 7.19. The van der Waals surface area contributed by atoms with Crippen LogP contribution in [0.25, 0.3) is 27.5 Å². The summed E-state index contributed by atoms with van der Waals surface area (Å²) >= 11 is 1.69. The van der Waals surface area contributed by atoms with Crippen LogP contribution in [0.2, 0.25) is 0 Å². The number of thiazole rings is 1. The molecule has 1 amide bonds. The summed E-state index contributed by atoms with van der Waals surface area (Å²) in [4.78, 5) is 23.4. The second-order valence-electron chi connectivity index (χ2n) is 10.7. The Balaban J connectivity index is 1.28. The van der Waals surface area contributed by atoms with Crippen molar-refractivity contribution < 1.29 is 4.79 Å². The average molecular weight is 565 g/mol. The molecule has 3 aromatic rings. The summed E-state index contributed by atoms with van der Waals surface area (Å²) in [6, 6.07) is 3.95. The molecule has 1 unspecified atom stereocenters. The number of aryl methyl sites for hydroxylation is 1. The van der Waals surface area contributed by atoms with E-state index < -0.39 is 0 Å². The summed E-state index contributed by atoms with van der Waals surface area (Å²) in [6.07, 6.45) is 25.5. The van der Waals surface area contributed by atoms with Gasteiger partial charge in [-0.1, -0.05) is 60.3 Å². The second kappa shape index (κ2) is 12.2. The molecular formula is C33H36N6OS. The number of aromatic nitrogens is 4. The monoisotopic (exact) mass is 564 g/mol. The molecule has 41 heavy (non-hydrogen) atoms. The van der Waals surface area contributed by atoms with E-state index in [9.17, 15) is 4.79 Å². The number of pyridine rings is 1. The molecule has 6 rings (SSSR count). The van der Waals surface area contributed by atoms with E-state index >= 15 is 0 Å². The lowest BCUT2D eigenvalue weighted by Gasteiger charge is -2.22. The third kappa shape index (κ3) is 6.03. The smallest absolute Gasteiger partial charge is 0.220 e. The minimum Gasteiger partial charge on any atom is -0.349 e. The van der Waals surface area contributed by atoms with Crippen LogP contribution in [0, 0.1) is 0 Å². The van der Waals surface area contributed by atoms with Gasteiger partial charge in [0, 0.05) is 47.8 Å². The van der Waals surface area contributed by atoms with Crippen LogP contribution in [0.15, 0.2) is 78.3 Å². The van der Waals surface area contributed by atoms with Gasteiger partial charge in [0.05, 0.1) is 28.0 Å². The van der Waals surface area contributed by atoms with E-state index in [-0.39, 0.29) is 11.9 Å². The molecule has 0 bridgehead atoms. The molecule has 210 valence electrons. The molecule has 3 aliphatic rings. The number of nitrogens with one attached hydrogen (secondary N) is 2. The zero-order valence-electron chi connectivity index (χ0n) is 23.7. The van der Waals surface area contributed by atoms with Crippen molar-refractivity contribution in [2.45, 2.75) is 71.3 Å². The van der Waals surface area contributed by atoms with Crippen molar-refractivity contribution in [3.05, 3.63) is 89.6 Å². The third-order valence-corrected chi connectivity index (χ3v) is 8.67. The summed E-state index contributed by atoms with van der Waals surface area (Å²) in [5.41, 5.74) is 8.84. The zero-order chi connectivity index (χ0) is 28.2. The minimum absolute atomic E-state index is 0.0790. The van der Waals surface area contributed by atoms with Gasteiger partial charge in [-0.2, -0.15) is 5.10 Å². The van der Waals surface area contributed by atoms with Gasteiger partial charge in [-0.05, 0) is 63.7 Å². The highest BCUT2D eigenvalue weighted by Crippen LogP contribution is 2.44. The lowest BCUT2D eigenvalue weighted by Crippen LogP contribution is -2.34. The second-order valence-corrected chi connectivity index (χ2v) is 11.7. The van der Waals surface area contributed by atoms with Crippen molar-refractivity contribution in [3.8, 4) is 21.8 Å². The van der Waals surface area contributed by atoms with Gasteiger partial charge >= 0.3 is 0 Å². The molecule has 0 fully saturated rings. The minimum atomic E-state index is -0.0800. The van der Waals surface area contributed by atoms with Crippen molar-refractivity contribution >= 4 is 28.1 Å². The quantitative estimate of drug-likeness (QED) is 0.286. The number of hydrogen-bond acceptors (Lipinski definition) is 6. The Labute approximate surface area is 245 Å². The van der Waals surface area contributed by atoms with Crippen molar-refractivity contribution in [2.24, 2.45) is 0 Å². The van der Waals surface area contributed by atoms with Gasteiger partial charge in [-0.15, -0.1) is 0 Å². The van der Waals surface area contributed by atoms with Crippen molar-refractivity contribution in [1.82, 2.24) is 25.1 Å². The summed E-state index contributed by atoms with van der Waals surface area (Å²) in [6.45, 7) is 4.22. The molecule has 0 saturated heterocycles. The van der Waals surface area contributed by atoms with Crippen LogP contribution in [0.3, 0.4) is 0 Å². The Morgan fingerprint density at radius 2 is 2.20 bits per heavy atom. The molecule has 0 aliphatic heterocycles. The van der Waals surface area contributed by atoms with E-state index in [2.05, 4.69) is 76.7 Å². The summed E-state index contributed by atoms with van der Waals surface area (Å²) in [7, 11) is 0. The highest BCUT2D eigenvalue weighted by Gasteiger charge is 2.31. The normalized spacial score (nSPS) is 17.9. The number of fused-ring (bicyclic) bond motifs is 3. The number of allylic oxidation sites excluding steroid dienone is 8. The summed E-state index contributed by atoms with van der Waals surface area (Å²) < 4.78 is 2.09. The maximum absolute atomic E-state index is 12.9. The molecule has 0 radical (unpaired) electrons. The van der Waals surface area contributed by atoms with Gasteiger partial charge in [0.2, 0.25) is 5.91 Å². The number of rotatable bonds is 9. The third-order valence-electron chi connectivity index (χ3n) is 7.65. The van der Waals surface area contributed by atoms with E-state index in [1.165, 1.54) is 11.1 Å². The van der Waals surface area contributed by atoms with Crippen LogP contribution >= 0.6 is 11.3 Å². The van der Waals surface area contributed by atoms with E-state index in [1.54, 1.807) is 17.5 Å². The Kier molecular flexibility index (Phi) is 8.09. The molecule has 7 nitrogen and oxygen atoms in total. The van der Waals surface area contributed by atoms with Gasteiger partial charge in [0.25, 0.3) is 0 Å². The highest BCUT2D eigenvalue weighted by atomic mass is 32.1. The first kappa shape index (κ1) is 27.1. The van der Waals surface area contributed by atoms with E-state index in [0.29, 0.717) is 12.8 Å². The van der Waals surface area contributed by atoms with E-state index in [0.717, 1.165) is 82.6 Å². The Hall–Kier alpha value is -4.04. The maximum atomic E-state index is 12.9. The first-order valence-corrected chi connectivity index (χ1v) is 15.4. The predicted molar refractivity (Wildman–Crippen MR) is 167 cm³/mol. The largest absolute Gasteiger partial charge is 0.349 e. The average Bonchev–Trinajstić information content (AvgIpc) is 3.58. The van der Waals surface area contributed by atoms with Crippen molar-refractivity contribution in [1.29, 1.82) is 0 Å². The molecule has 0 aromatic carbocycles. The molecule has 3 heterocycles. The van der Waals surface area contributed by atoms with E-state index in [1.807, 2.05) is 18.3 Å². The van der Waals surface area contributed by atoms with Gasteiger partial charge in [-0.25, -0.2) is 9.67 Å². The molecule has 1 atom stereocenters. The Bertz CT molecular complexity index is 1590. The number of anilines is 1. The summed E-state index contributed by atoms with van der Waals surface area (Å²) in [5, 5.41) is 12.8. The number of carbonyl (C=O) groups is 1. The van der Waals surface area contributed by atoms with Gasteiger partial charge in [0.1, 0.15) is 0 Å². The van der Waals surface area contributed by atoms with Crippen molar-refractivity contribution in [3.63, 3.8) is 0 Å². The van der Waals surface area contributed by atoms with Crippen LogP contribution in [-0.4, -0.2) is 31.7 Å². The van der Waals surface area contributed by atoms with Crippen LogP contribution in [0.5, 0.6) is 0 Å². The molecular weight excluding hydrogens is 528 g/mol. The molecule has 8 heteroatoms. The lowest BCUT2D eigenvalue weighted by atomic mass is 9.95. The van der Waals surface area contributed by atoms with Crippen LogP contribution in [0.1, 0.15) is 63.6 Å². The Morgan fingerprint density at radius 3 is 3.00 bits per heavy atom. The molecule has 2 N–H and O–H groups in total. The topological polar surface area (TPSA) is 84.7 Å². The number of nitrogens with zero attached hydrogens (tertiary/aromatic N) is 4. The first-order valence-electron chi connectivity index (χ1n) is 14.6. The van der Waals surface area contributed by atoms with Crippen LogP contribution in [-0.2, 0) is 17.6 Å². The number of hydrogen-bond donors (Lipinski definition) is 2. The number of amides is 1. The Morgan fingerprint density at radius 1 is 1.27 bits per heavy atom. The fraction of sp³-hybridized carbons (Fsp3) is 0.333. The van der Waals surface area contributed by atoms with Gasteiger partial charge < -0.3 is 10.6 Å². The molecule has 3 aromatic heterocycles. The van der Waals surface area contributed by atoms with Gasteiger partial charge in [-0.3, -0.25) is 9.78 Å². The number of carbonyl (C=O) groups excluding carboxylic acids is 1. The SMILES string of the molecule is CC/C=C(/C)Nc1nc2c(s1)-c1c(c(-c3cccnc3)nn1C1=CC=CC(NC(=O)CCC3=CCCC=C3)C1)CC2. The predicted octanol–water partition coefficient (Wildman–Crippen LogP) is 7.24. The van der Waals surface area contributed by atoms with Gasteiger partial charge in [0.15, 0.2) is 5.13 Å². The summed E-state index contributed by atoms with van der Waals surface area (Å²) in [5.74, 6) is 0.0790. The van der Waals surface area contributed by atoms with E-state index in [4.69, 9.17) is 10.1 Å².